The first kappa shape index (κ1) is 15.7. The summed E-state index contributed by atoms with van der Waals surface area (Å²) in [6, 6.07) is 0. The van der Waals surface area contributed by atoms with Gasteiger partial charge in [-0.2, -0.15) is 0 Å². The van der Waals surface area contributed by atoms with E-state index >= 15 is 0 Å². The van der Waals surface area contributed by atoms with Gasteiger partial charge in [0, 0.05) is 38.1 Å². The van der Waals surface area contributed by atoms with Crippen molar-refractivity contribution in [2.45, 2.75) is 51.7 Å². The Morgan fingerprint density at radius 3 is 2.45 bits per heavy atom. The highest BCUT2D eigenvalue weighted by Crippen LogP contribution is 2.50. The first-order valence-electron chi connectivity index (χ1n) is 7.67. The second kappa shape index (κ2) is 5.62. The maximum Gasteiger partial charge on any atom is 0.243 e. The number of piperidine rings is 1. The highest BCUT2D eigenvalue weighted by atomic mass is 16.5. The van der Waals surface area contributed by atoms with Gasteiger partial charge in [-0.15, -0.1) is 0 Å². The third-order valence-electron chi connectivity index (χ3n) is 5.37. The van der Waals surface area contributed by atoms with Gasteiger partial charge in [-0.1, -0.05) is 13.8 Å². The number of nitrogens with two attached hydrogens (primary N) is 1. The fourth-order valence-electron chi connectivity index (χ4n) is 3.40. The number of aliphatic hydroxyl groups is 1. The highest BCUT2D eigenvalue weighted by Gasteiger charge is 2.63. The topological polar surface area (TPSA) is 75.8 Å². The molecule has 116 valence electrons. The zero-order valence-electron chi connectivity index (χ0n) is 12.9. The van der Waals surface area contributed by atoms with Crippen LogP contribution in [0.3, 0.4) is 0 Å². The van der Waals surface area contributed by atoms with Crippen LogP contribution >= 0.6 is 0 Å². The molecule has 2 rings (SSSR count). The Morgan fingerprint density at radius 1 is 1.40 bits per heavy atom. The van der Waals surface area contributed by atoms with E-state index in [1.165, 1.54) is 0 Å². The van der Waals surface area contributed by atoms with Crippen molar-refractivity contribution < 1.29 is 14.6 Å². The van der Waals surface area contributed by atoms with Gasteiger partial charge in [0.05, 0.1) is 6.10 Å². The quantitative estimate of drug-likeness (QED) is 0.799. The summed E-state index contributed by atoms with van der Waals surface area (Å²) in [6.07, 6.45) is 2.41. The first-order chi connectivity index (χ1) is 9.36. The molecule has 0 bridgehead atoms. The average Bonchev–Trinajstić information content (AvgIpc) is 2.46. The van der Waals surface area contributed by atoms with Crippen LogP contribution in [-0.2, 0) is 9.53 Å². The van der Waals surface area contributed by atoms with Crippen molar-refractivity contribution >= 4 is 5.91 Å². The summed E-state index contributed by atoms with van der Waals surface area (Å²) in [5.41, 5.74) is 5.29. The highest BCUT2D eigenvalue weighted by molar-refractivity contribution is 5.89. The lowest BCUT2D eigenvalue weighted by atomic mass is 9.54. The molecule has 2 fully saturated rings. The van der Waals surface area contributed by atoms with E-state index in [0.29, 0.717) is 32.0 Å². The molecule has 0 aromatic rings. The first-order valence-corrected chi connectivity index (χ1v) is 7.67. The largest absolute Gasteiger partial charge is 0.396 e. The van der Waals surface area contributed by atoms with Crippen LogP contribution in [0.25, 0.3) is 0 Å². The molecular weight excluding hydrogens is 256 g/mol. The number of carbonyl (C=O) groups is 1. The van der Waals surface area contributed by atoms with Crippen molar-refractivity contribution in [1.29, 1.82) is 0 Å². The number of likely N-dealkylation sites (tertiary alicyclic amines) is 1. The Morgan fingerprint density at radius 2 is 2.00 bits per heavy atom. The maximum absolute atomic E-state index is 12.7. The zero-order chi connectivity index (χ0) is 15.0. The van der Waals surface area contributed by atoms with Crippen molar-refractivity contribution in [2.24, 2.45) is 17.1 Å². The molecule has 2 aliphatic rings. The van der Waals surface area contributed by atoms with Crippen LogP contribution in [0.5, 0.6) is 0 Å². The van der Waals surface area contributed by atoms with E-state index in [4.69, 9.17) is 15.6 Å². The fourth-order valence-corrected chi connectivity index (χ4v) is 3.40. The Hall–Kier alpha value is -0.650. The molecular formula is C15H28N2O3. The van der Waals surface area contributed by atoms with E-state index in [2.05, 4.69) is 0 Å². The van der Waals surface area contributed by atoms with Crippen molar-refractivity contribution in [3.8, 4) is 0 Å². The molecule has 5 nitrogen and oxygen atoms in total. The van der Waals surface area contributed by atoms with E-state index in [1.54, 1.807) is 0 Å². The van der Waals surface area contributed by atoms with Gasteiger partial charge >= 0.3 is 0 Å². The van der Waals surface area contributed by atoms with E-state index in [9.17, 15) is 4.79 Å². The van der Waals surface area contributed by atoms with Crippen LogP contribution < -0.4 is 5.73 Å². The monoisotopic (exact) mass is 284 g/mol. The van der Waals surface area contributed by atoms with Gasteiger partial charge in [0.1, 0.15) is 5.54 Å². The lowest BCUT2D eigenvalue weighted by Gasteiger charge is -2.59. The maximum atomic E-state index is 12.7. The molecule has 1 aliphatic heterocycles. The molecule has 20 heavy (non-hydrogen) atoms. The van der Waals surface area contributed by atoms with Crippen LogP contribution in [0.4, 0.5) is 0 Å². The molecule has 5 heteroatoms. The molecule has 1 amide bonds. The number of nitrogens with zero attached hydrogens (tertiary/aromatic N) is 1. The second-order valence-corrected chi connectivity index (χ2v) is 6.76. The average molecular weight is 284 g/mol. The summed E-state index contributed by atoms with van der Waals surface area (Å²) < 4.78 is 5.68. The van der Waals surface area contributed by atoms with E-state index in [-0.39, 0.29) is 24.0 Å². The Kier molecular flexibility index (Phi) is 4.42. The van der Waals surface area contributed by atoms with Crippen LogP contribution in [-0.4, -0.2) is 53.9 Å². The number of aliphatic hydroxyl groups excluding tert-OH is 1. The minimum absolute atomic E-state index is 0.0508. The van der Waals surface area contributed by atoms with E-state index in [0.717, 1.165) is 12.8 Å². The molecule has 0 aromatic heterocycles. The third-order valence-corrected chi connectivity index (χ3v) is 5.37. The number of hydrogen-bond acceptors (Lipinski definition) is 4. The summed E-state index contributed by atoms with van der Waals surface area (Å²) >= 11 is 0. The van der Waals surface area contributed by atoms with Crippen molar-refractivity contribution in [1.82, 2.24) is 4.90 Å². The number of ether oxygens (including phenoxy) is 1. The van der Waals surface area contributed by atoms with Crippen LogP contribution in [0.2, 0.25) is 0 Å². The van der Waals surface area contributed by atoms with Gasteiger partial charge in [0.2, 0.25) is 5.91 Å². The SMILES string of the molecule is CCOC1CC(N)(C(=O)N2CCC(CO)CC2)C1(C)C. The van der Waals surface area contributed by atoms with Crippen molar-refractivity contribution in [3.63, 3.8) is 0 Å². The van der Waals surface area contributed by atoms with Gasteiger partial charge in [-0.25, -0.2) is 0 Å². The molecule has 0 spiro atoms. The van der Waals surface area contributed by atoms with Crippen LogP contribution in [0.1, 0.15) is 40.0 Å². The standard InChI is InChI=1S/C15H28N2O3/c1-4-20-12-9-15(16,14(12,2)3)13(19)17-7-5-11(10-18)6-8-17/h11-12,18H,4-10,16H2,1-3H3. The molecule has 2 atom stereocenters. The van der Waals surface area contributed by atoms with Gasteiger partial charge in [-0.05, 0) is 25.7 Å². The molecule has 0 radical (unpaired) electrons. The third kappa shape index (κ3) is 2.36. The summed E-state index contributed by atoms with van der Waals surface area (Å²) in [6.45, 7) is 8.29. The summed E-state index contributed by atoms with van der Waals surface area (Å²) in [7, 11) is 0. The number of hydrogen-bond donors (Lipinski definition) is 2. The van der Waals surface area contributed by atoms with Gasteiger partial charge < -0.3 is 20.5 Å². The molecule has 0 aromatic carbocycles. The molecule has 1 aliphatic carbocycles. The molecule has 1 saturated heterocycles. The predicted octanol–water partition coefficient (Wildman–Crippen LogP) is 0.750. The van der Waals surface area contributed by atoms with Gasteiger partial charge in [-0.3, -0.25) is 4.79 Å². The molecule has 3 N–H and O–H groups in total. The van der Waals surface area contributed by atoms with E-state index in [1.807, 2.05) is 25.7 Å². The predicted molar refractivity (Wildman–Crippen MR) is 77.1 cm³/mol. The van der Waals surface area contributed by atoms with Gasteiger partial charge in [0.15, 0.2) is 0 Å². The minimum atomic E-state index is -0.807. The van der Waals surface area contributed by atoms with Crippen molar-refractivity contribution in [3.05, 3.63) is 0 Å². The van der Waals surface area contributed by atoms with Gasteiger partial charge in [0.25, 0.3) is 0 Å². The fraction of sp³-hybridized carbons (Fsp3) is 0.933. The Bertz CT molecular complexity index is 364. The summed E-state index contributed by atoms with van der Waals surface area (Å²) in [5.74, 6) is 0.383. The minimum Gasteiger partial charge on any atom is -0.396 e. The lowest BCUT2D eigenvalue weighted by Crippen LogP contribution is -2.76. The second-order valence-electron chi connectivity index (χ2n) is 6.76. The summed E-state index contributed by atoms with van der Waals surface area (Å²) in [4.78, 5) is 14.6. The molecule has 1 saturated carbocycles. The molecule has 2 unspecified atom stereocenters. The normalized spacial score (nSPS) is 33.9. The van der Waals surface area contributed by atoms with Crippen molar-refractivity contribution in [2.75, 3.05) is 26.3 Å². The smallest absolute Gasteiger partial charge is 0.243 e. The number of carbonyl (C=O) groups excluding carboxylic acids is 1. The Labute approximate surface area is 121 Å². The summed E-state index contributed by atoms with van der Waals surface area (Å²) in [5, 5.41) is 9.17. The van der Waals surface area contributed by atoms with E-state index < -0.39 is 5.54 Å². The van der Waals surface area contributed by atoms with Crippen LogP contribution in [0.15, 0.2) is 0 Å². The van der Waals surface area contributed by atoms with Crippen LogP contribution in [0, 0.1) is 11.3 Å². The lowest BCUT2D eigenvalue weighted by molar-refractivity contribution is -0.180. The Balaban J connectivity index is 1.99. The zero-order valence-corrected chi connectivity index (χ0v) is 12.9. The number of rotatable bonds is 4. The molecule has 1 heterocycles. The number of amides is 1.